The average molecular weight is 469 g/mol. The Hall–Kier alpha value is -3.40. The lowest BCUT2D eigenvalue weighted by atomic mass is 9.98. The first-order valence-electron chi connectivity index (χ1n) is 9.20. The van der Waals surface area contributed by atoms with Gasteiger partial charge in [0.05, 0.1) is 17.2 Å². The molecule has 1 atom stereocenters. The summed E-state index contributed by atoms with van der Waals surface area (Å²) < 4.78 is 55.1. The maximum absolute atomic E-state index is 14.1. The van der Waals surface area contributed by atoms with Crippen LogP contribution in [0, 0.1) is 5.82 Å². The van der Waals surface area contributed by atoms with Gasteiger partial charge >= 0.3 is 6.18 Å². The molecular formula is C21H17ClF4N4O2. The van der Waals surface area contributed by atoms with Crippen LogP contribution in [0.5, 0.6) is 0 Å². The van der Waals surface area contributed by atoms with Gasteiger partial charge in [0.25, 0.3) is 5.91 Å². The fourth-order valence-electron chi connectivity index (χ4n) is 3.09. The second kappa shape index (κ2) is 8.62. The summed E-state index contributed by atoms with van der Waals surface area (Å²) in [6.07, 6.45) is -4.75. The Morgan fingerprint density at radius 2 is 1.84 bits per heavy atom. The molecule has 0 aliphatic rings. The molecule has 6 nitrogen and oxygen atoms in total. The molecule has 0 fully saturated rings. The molecule has 0 spiro atoms. The van der Waals surface area contributed by atoms with E-state index in [1.54, 1.807) is 6.07 Å². The number of benzene rings is 2. The first-order valence-corrected chi connectivity index (χ1v) is 9.58. The van der Waals surface area contributed by atoms with E-state index in [1.807, 2.05) is 0 Å². The number of anilines is 1. The summed E-state index contributed by atoms with van der Waals surface area (Å²) >= 11 is 5.95. The zero-order valence-electron chi connectivity index (χ0n) is 16.8. The Kier molecular flexibility index (Phi) is 6.27. The van der Waals surface area contributed by atoms with Crippen molar-refractivity contribution in [3.8, 4) is 5.69 Å². The molecule has 3 aromatic rings. The standard InChI is InChI=1S/C21H17ClF4N4O2/c1-11(12-6-7-15(19(27)31)16(23)8-12)20(32)29(2)18-10-17(21(24,25)26)28-30(18)14-5-3-4-13(22)9-14/h3-11H,1-2H3,(H2,27,31). The molecule has 11 heteroatoms. The predicted octanol–water partition coefficient (Wildman–Crippen LogP) is 4.55. The molecule has 32 heavy (non-hydrogen) atoms. The molecule has 0 bridgehead atoms. The largest absolute Gasteiger partial charge is 0.435 e. The van der Waals surface area contributed by atoms with Crippen molar-refractivity contribution in [3.63, 3.8) is 0 Å². The molecule has 0 aliphatic carbocycles. The number of amides is 2. The van der Waals surface area contributed by atoms with E-state index in [1.165, 1.54) is 38.2 Å². The molecule has 2 amide bonds. The highest BCUT2D eigenvalue weighted by atomic mass is 35.5. The summed E-state index contributed by atoms with van der Waals surface area (Å²) in [5.41, 5.74) is 3.98. The third kappa shape index (κ3) is 4.59. The van der Waals surface area contributed by atoms with Gasteiger partial charge in [0, 0.05) is 18.1 Å². The van der Waals surface area contributed by atoms with Gasteiger partial charge in [0.1, 0.15) is 11.6 Å². The quantitative estimate of drug-likeness (QED) is 0.558. The minimum Gasteiger partial charge on any atom is -0.366 e. The van der Waals surface area contributed by atoms with Gasteiger partial charge in [-0.1, -0.05) is 23.7 Å². The van der Waals surface area contributed by atoms with Gasteiger partial charge in [-0.3, -0.25) is 14.5 Å². The molecule has 2 aromatic carbocycles. The van der Waals surface area contributed by atoms with Gasteiger partial charge in [0.15, 0.2) is 5.69 Å². The number of likely N-dealkylation sites (N-methyl/N-ethyl adjacent to an activating group) is 1. The zero-order valence-corrected chi connectivity index (χ0v) is 17.6. The Bertz CT molecular complexity index is 1190. The molecule has 2 N–H and O–H groups in total. The normalized spacial score (nSPS) is 12.5. The van der Waals surface area contributed by atoms with E-state index in [9.17, 15) is 27.2 Å². The summed E-state index contributed by atoms with van der Waals surface area (Å²) in [4.78, 5) is 25.2. The number of nitrogens with zero attached hydrogens (tertiary/aromatic N) is 3. The Balaban J connectivity index is 2.01. The molecule has 1 heterocycles. The van der Waals surface area contributed by atoms with Crippen LogP contribution in [-0.4, -0.2) is 28.6 Å². The van der Waals surface area contributed by atoms with E-state index in [0.29, 0.717) is 0 Å². The molecular weight excluding hydrogens is 452 g/mol. The number of alkyl halides is 3. The second-order valence-electron chi connectivity index (χ2n) is 7.00. The van der Waals surface area contributed by atoms with Crippen LogP contribution in [0.25, 0.3) is 5.69 Å². The van der Waals surface area contributed by atoms with Crippen molar-refractivity contribution in [2.24, 2.45) is 5.73 Å². The fourth-order valence-corrected chi connectivity index (χ4v) is 3.28. The molecule has 0 aliphatic heterocycles. The van der Waals surface area contributed by atoms with Crippen molar-refractivity contribution in [1.29, 1.82) is 0 Å². The Morgan fingerprint density at radius 3 is 2.41 bits per heavy atom. The van der Waals surface area contributed by atoms with Gasteiger partial charge in [0.2, 0.25) is 5.91 Å². The second-order valence-corrected chi connectivity index (χ2v) is 7.44. The average Bonchev–Trinajstić information content (AvgIpc) is 3.18. The lowest BCUT2D eigenvalue weighted by Crippen LogP contribution is -2.32. The number of hydrogen-bond donors (Lipinski definition) is 1. The van der Waals surface area contributed by atoms with Gasteiger partial charge < -0.3 is 5.73 Å². The van der Waals surface area contributed by atoms with Crippen LogP contribution in [0.15, 0.2) is 48.5 Å². The van der Waals surface area contributed by atoms with E-state index in [4.69, 9.17) is 17.3 Å². The monoisotopic (exact) mass is 468 g/mol. The first kappa shape index (κ1) is 23.3. The molecule has 0 saturated heterocycles. The predicted molar refractivity (Wildman–Crippen MR) is 110 cm³/mol. The minimum absolute atomic E-state index is 0.161. The van der Waals surface area contributed by atoms with Crippen LogP contribution in [0.2, 0.25) is 5.02 Å². The zero-order chi connectivity index (χ0) is 23.8. The van der Waals surface area contributed by atoms with Gasteiger partial charge in [-0.05, 0) is 42.8 Å². The summed E-state index contributed by atoms with van der Waals surface area (Å²) in [5.74, 6) is -3.61. The third-order valence-electron chi connectivity index (χ3n) is 4.84. The molecule has 0 radical (unpaired) electrons. The Labute approximate surface area is 185 Å². The molecule has 0 saturated carbocycles. The van der Waals surface area contributed by atoms with E-state index in [-0.39, 0.29) is 27.7 Å². The Morgan fingerprint density at radius 1 is 1.16 bits per heavy atom. The molecule has 1 aromatic heterocycles. The van der Waals surface area contributed by atoms with Crippen molar-refractivity contribution in [1.82, 2.24) is 9.78 Å². The van der Waals surface area contributed by atoms with Crippen molar-refractivity contribution < 1.29 is 27.2 Å². The SMILES string of the molecule is CC(C(=O)N(C)c1cc(C(F)(F)F)nn1-c1cccc(Cl)c1)c1ccc(C(N)=O)c(F)c1. The highest BCUT2D eigenvalue weighted by Gasteiger charge is 2.36. The van der Waals surface area contributed by atoms with Gasteiger partial charge in [-0.15, -0.1) is 0 Å². The van der Waals surface area contributed by atoms with Gasteiger partial charge in [-0.2, -0.15) is 18.3 Å². The number of primary amides is 1. The summed E-state index contributed by atoms with van der Waals surface area (Å²) in [6, 6.07) is 10.2. The topological polar surface area (TPSA) is 81.2 Å². The summed E-state index contributed by atoms with van der Waals surface area (Å²) in [5, 5.41) is 3.87. The number of carbonyl (C=O) groups excluding carboxylic acids is 2. The van der Waals surface area contributed by atoms with Crippen molar-refractivity contribution >= 4 is 29.2 Å². The lowest BCUT2D eigenvalue weighted by Gasteiger charge is -2.22. The van der Waals surface area contributed by atoms with Crippen LogP contribution >= 0.6 is 11.6 Å². The first-order chi connectivity index (χ1) is 14.9. The lowest BCUT2D eigenvalue weighted by molar-refractivity contribution is -0.141. The smallest absolute Gasteiger partial charge is 0.366 e. The summed E-state index contributed by atoms with van der Waals surface area (Å²) in [6.45, 7) is 1.46. The van der Waals surface area contributed by atoms with E-state index < -0.39 is 35.4 Å². The number of rotatable bonds is 5. The van der Waals surface area contributed by atoms with E-state index in [0.717, 1.165) is 27.8 Å². The van der Waals surface area contributed by atoms with Crippen molar-refractivity contribution in [2.75, 3.05) is 11.9 Å². The van der Waals surface area contributed by atoms with Crippen LogP contribution in [0.1, 0.15) is 34.5 Å². The van der Waals surface area contributed by atoms with Gasteiger partial charge in [-0.25, -0.2) is 9.07 Å². The number of halogens is 5. The van der Waals surface area contributed by atoms with E-state index in [2.05, 4.69) is 5.10 Å². The molecule has 3 rings (SSSR count). The molecule has 168 valence electrons. The number of hydrogen-bond acceptors (Lipinski definition) is 3. The fraction of sp³-hybridized carbons (Fsp3) is 0.190. The van der Waals surface area contributed by atoms with E-state index >= 15 is 0 Å². The van der Waals surface area contributed by atoms with Crippen molar-refractivity contribution in [3.05, 3.63) is 76.2 Å². The number of carbonyl (C=O) groups is 2. The minimum atomic E-state index is -4.75. The number of aromatic nitrogens is 2. The maximum atomic E-state index is 14.1. The van der Waals surface area contributed by atoms with Crippen molar-refractivity contribution in [2.45, 2.75) is 19.0 Å². The van der Waals surface area contributed by atoms with Crippen LogP contribution in [0.3, 0.4) is 0 Å². The molecule has 1 unspecified atom stereocenters. The highest BCUT2D eigenvalue weighted by Crippen LogP contribution is 2.33. The van der Waals surface area contributed by atoms with Crippen LogP contribution in [0.4, 0.5) is 23.4 Å². The van der Waals surface area contributed by atoms with Crippen LogP contribution < -0.4 is 10.6 Å². The third-order valence-corrected chi connectivity index (χ3v) is 5.07. The van der Waals surface area contributed by atoms with Crippen LogP contribution in [-0.2, 0) is 11.0 Å². The number of nitrogens with two attached hydrogens (primary N) is 1. The highest BCUT2D eigenvalue weighted by molar-refractivity contribution is 6.30. The maximum Gasteiger partial charge on any atom is 0.435 e. The summed E-state index contributed by atoms with van der Waals surface area (Å²) in [7, 11) is 1.28.